The zero-order valence-electron chi connectivity index (χ0n) is 25.0. The number of guanidine groups is 1. The summed E-state index contributed by atoms with van der Waals surface area (Å²) in [5.74, 6) is 0.445. The molecule has 0 aliphatic carbocycles. The number of nitriles is 1. The van der Waals surface area contributed by atoms with Crippen LogP contribution in [-0.4, -0.2) is 47.5 Å². The van der Waals surface area contributed by atoms with E-state index < -0.39 is 6.09 Å². The number of carbonyl (C=O) groups is 2. The van der Waals surface area contributed by atoms with E-state index in [1.54, 1.807) is 0 Å². The summed E-state index contributed by atoms with van der Waals surface area (Å²) in [5.41, 5.74) is 5.29. The van der Waals surface area contributed by atoms with Gasteiger partial charge in [0.15, 0.2) is 0 Å². The van der Waals surface area contributed by atoms with Gasteiger partial charge in [-0.1, -0.05) is 91.0 Å². The van der Waals surface area contributed by atoms with Crippen LogP contribution in [0.25, 0.3) is 0 Å². The van der Waals surface area contributed by atoms with E-state index in [-0.39, 0.29) is 18.7 Å². The molecule has 1 atom stereocenters. The third kappa shape index (κ3) is 8.39. The van der Waals surface area contributed by atoms with Crippen LogP contribution in [0.2, 0.25) is 0 Å². The van der Waals surface area contributed by atoms with Gasteiger partial charge in [0, 0.05) is 37.6 Å². The van der Waals surface area contributed by atoms with Crippen molar-refractivity contribution in [1.82, 2.24) is 15.1 Å². The second kappa shape index (κ2) is 15.1. The summed E-state index contributed by atoms with van der Waals surface area (Å²) in [6.45, 7) is 3.83. The molecule has 1 aliphatic rings. The Morgan fingerprint density at radius 1 is 0.867 bits per heavy atom. The predicted molar refractivity (Wildman–Crippen MR) is 174 cm³/mol. The molecule has 3 N–H and O–H groups in total. The fourth-order valence-corrected chi connectivity index (χ4v) is 5.09. The Morgan fingerprint density at radius 3 is 2.27 bits per heavy atom. The monoisotopic (exact) mass is 601 g/mol. The molecule has 1 fully saturated rings. The average Bonchev–Trinajstić information content (AvgIpc) is 3.08. The summed E-state index contributed by atoms with van der Waals surface area (Å²) in [6, 6.07) is 33.9. The number of benzene rings is 4. The first-order chi connectivity index (χ1) is 22.0. The Bertz CT molecular complexity index is 1650. The summed E-state index contributed by atoms with van der Waals surface area (Å²) in [4.78, 5) is 33.6. The Hall–Kier alpha value is -5.82. The largest absolute Gasteiger partial charge is 0.445 e. The molecule has 45 heavy (non-hydrogen) atoms. The van der Waals surface area contributed by atoms with Crippen molar-refractivity contribution in [2.45, 2.75) is 26.1 Å². The number of ether oxygens (including phenoxy) is 1. The number of aliphatic imine (C=N–C) groups is 1. The number of carbonyl (C=O) groups excluding carboxylic acids is 2. The van der Waals surface area contributed by atoms with Crippen LogP contribution in [0.4, 0.5) is 21.0 Å². The van der Waals surface area contributed by atoms with Crippen LogP contribution in [0.15, 0.2) is 114 Å². The number of alkyl carbamates (subject to hydrolysis) is 1. The fraction of sp³-hybridized carbons (Fsp3) is 0.200. The molecule has 228 valence electrons. The fourth-order valence-electron chi connectivity index (χ4n) is 5.09. The molecule has 0 radical (unpaired) electrons. The Balaban J connectivity index is 1.21. The molecule has 0 bridgehead atoms. The van der Waals surface area contributed by atoms with Crippen LogP contribution in [-0.2, 0) is 17.9 Å². The number of hydrogen-bond donors (Lipinski definition) is 3. The van der Waals surface area contributed by atoms with E-state index in [0.717, 1.165) is 27.9 Å². The van der Waals surface area contributed by atoms with E-state index in [1.165, 1.54) is 0 Å². The summed E-state index contributed by atoms with van der Waals surface area (Å²) in [6.07, 6.45) is 1.42. The number of amides is 3. The van der Waals surface area contributed by atoms with E-state index in [2.05, 4.69) is 20.9 Å². The molecule has 4 aromatic rings. The number of hydrogen-bond acceptors (Lipinski definition) is 5. The molecule has 10 nitrogen and oxygen atoms in total. The van der Waals surface area contributed by atoms with Gasteiger partial charge in [-0.25, -0.2) is 9.59 Å². The van der Waals surface area contributed by atoms with Gasteiger partial charge in [0.25, 0.3) is 0 Å². The molecule has 0 aromatic heterocycles. The molecular weight excluding hydrogens is 566 g/mol. The van der Waals surface area contributed by atoms with E-state index in [4.69, 9.17) is 4.74 Å². The first-order valence-corrected chi connectivity index (χ1v) is 14.7. The van der Waals surface area contributed by atoms with Gasteiger partial charge in [0.05, 0.1) is 6.04 Å². The van der Waals surface area contributed by atoms with Crippen molar-refractivity contribution in [2.24, 2.45) is 4.99 Å². The maximum Gasteiger partial charge on any atom is 0.407 e. The summed E-state index contributed by atoms with van der Waals surface area (Å²) >= 11 is 0. The highest BCUT2D eigenvalue weighted by atomic mass is 16.5. The minimum Gasteiger partial charge on any atom is -0.445 e. The molecular formula is C35H35N7O3. The van der Waals surface area contributed by atoms with Gasteiger partial charge in [-0.3, -0.25) is 0 Å². The summed E-state index contributed by atoms with van der Waals surface area (Å²) in [7, 11) is 0. The maximum atomic E-state index is 13.6. The van der Waals surface area contributed by atoms with E-state index in [1.807, 2.05) is 132 Å². The maximum absolute atomic E-state index is 13.6. The predicted octanol–water partition coefficient (Wildman–Crippen LogP) is 6.26. The Labute approximate surface area is 263 Å². The van der Waals surface area contributed by atoms with Crippen molar-refractivity contribution in [3.63, 3.8) is 0 Å². The standard InChI is InChI=1S/C35H35N7O3/c1-26-10-8-9-15-31(26)40-33(38-25-36)41-20-21-42(32(23-41)29-13-6-3-7-14-29)34(43)39-30-18-16-27(17-19-30)22-37-35(44)45-24-28-11-4-2-5-12-28/h2-19,32H,20-24H2,1H3,(H,37,44)(H,38,40)(H,39,43). The molecule has 0 saturated carbocycles. The van der Waals surface area contributed by atoms with Crippen molar-refractivity contribution in [3.8, 4) is 6.19 Å². The smallest absolute Gasteiger partial charge is 0.407 e. The van der Waals surface area contributed by atoms with E-state index >= 15 is 0 Å². The van der Waals surface area contributed by atoms with E-state index in [0.29, 0.717) is 37.8 Å². The van der Waals surface area contributed by atoms with Crippen LogP contribution in [0.1, 0.15) is 28.3 Å². The van der Waals surface area contributed by atoms with Gasteiger partial charge >= 0.3 is 12.1 Å². The topological polar surface area (TPSA) is 122 Å². The van der Waals surface area contributed by atoms with Crippen molar-refractivity contribution < 1.29 is 14.3 Å². The van der Waals surface area contributed by atoms with Crippen molar-refractivity contribution in [3.05, 3.63) is 131 Å². The number of piperazine rings is 1. The molecule has 1 unspecified atom stereocenters. The van der Waals surface area contributed by atoms with Gasteiger partial charge in [-0.2, -0.15) is 5.26 Å². The number of anilines is 2. The van der Waals surface area contributed by atoms with E-state index in [9.17, 15) is 14.9 Å². The molecule has 5 rings (SSSR count). The second-order valence-corrected chi connectivity index (χ2v) is 10.6. The summed E-state index contributed by atoms with van der Waals surface area (Å²) in [5, 5.41) is 18.5. The molecule has 1 heterocycles. The van der Waals surface area contributed by atoms with Crippen LogP contribution in [0, 0.1) is 18.4 Å². The molecule has 4 aromatic carbocycles. The Morgan fingerprint density at radius 2 is 1.56 bits per heavy atom. The highest BCUT2D eigenvalue weighted by Crippen LogP contribution is 2.27. The van der Waals surface area contributed by atoms with Gasteiger partial charge in [0.2, 0.25) is 12.2 Å². The number of rotatable bonds is 7. The normalized spacial score (nSPS) is 14.7. The van der Waals surface area contributed by atoms with Crippen LogP contribution in [0.3, 0.4) is 0 Å². The zero-order chi connectivity index (χ0) is 31.4. The van der Waals surface area contributed by atoms with Crippen LogP contribution < -0.4 is 16.0 Å². The first-order valence-electron chi connectivity index (χ1n) is 14.7. The van der Waals surface area contributed by atoms with Crippen LogP contribution >= 0.6 is 0 Å². The first kappa shape index (κ1) is 30.6. The number of nitrogens with one attached hydrogen (secondary N) is 3. The third-order valence-electron chi connectivity index (χ3n) is 7.53. The molecule has 10 heteroatoms. The molecule has 0 spiro atoms. The lowest BCUT2D eigenvalue weighted by molar-refractivity contribution is 0.136. The lowest BCUT2D eigenvalue weighted by atomic mass is 10.0. The quantitative estimate of drug-likeness (QED) is 0.131. The highest BCUT2D eigenvalue weighted by Gasteiger charge is 2.33. The number of urea groups is 1. The SMILES string of the molecule is Cc1ccccc1N/C(=N/C#N)N1CCN(C(=O)Nc2ccc(CNC(=O)OCc3ccccc3)cc2)C(c2ccccc2)C1. The zero-order valence-corrected chi connectivity index (χ0v) is 25.0. The minimum atomic E-state index is -0.501. The molecule has 3 amide bonds. The lowest BCUT2D eigenvalue weighted by Crippen LogP contribution is -2.54. The van der Waals surface area contributed by atoms with Gasteiger partial charge in [-0.15, -0.1) is 4.99 Å². The van der Waals surface area contributed by atoms with Crippen molar-refractivity contribution >= 4 is 29.5 Å². The second-order valence-electron chi connectivity index (χ2n) is 10.6. The average molecular weight is 602 g/mol. The van der Waals surface area contributed by atoms with Crippen LogP contribution in [0.5, 0.6) is 0 Å². The van der Waals surface area contributed by atoms with Gasteiger partial charge in [-0.05, 0) is 47.4 Å². The van der Waals surface area contributed by atoms with Crippen molar-refractivity contribution in [2.75, 3.05) is 30.3 Å². The number of para-hydroxylation sites is 1. The Kier molecular flexibility index (Phi) is 10.3. The molecule has 1 aliphatic heterocycles. The van der Waals surface area contributed by atoms with Gasteiger partial charge < -0.3 is 30.5 Å². The number of nitrogens with zero attached hydrogens (tertiary/aromatic N) is 4. The summed E-state index contributed by atoms with van der Waals surface area (Å²) < 4.78 is 5.27. The minimum absolute atomic E-state index is 0.200. The number of aryl methyl sites for hydroxylation is 1. The third-order valence-corrected chi connectivity index (χ3v) is 7.53. The highest BCUT2D eigenvalue weighted by molar-refractivity contribution is 5.95. The van der Waals surface area contributed by atoms with Gasteiger partial charge in [0.1, 0.15) is 6.61 Å². The molecule has 1 saturated heterocycles. The van der Waals surface area contributed by atoms with Crippen molar-refractivity contribution in [1.29, 1.82) is 5.26 Å². The lowest BCUT2D eigenvalue weighted by Gasteiger charge is -2.42.